The van der Waals surface area contributed by atoms with E-state index in [2.05, 4.69) is 72.0 Å². The highest BCUT2D eigenvalue weighted by molar-refractivity contribution is 9.10. The van der Waals surface area contributed by atoms with E-state index in [1.54, 1.807) is 0 Å². The van der Waals surface area contributed by atoms with Gasteiger partial charge in [-0.15, -0.1) is 11.8 Å². The Morgan fingerprint density at radius 2 is 2.15 bits per heavy atom. The first-order valence-electron chi connectivity index (χ1n) is 7.73. The van der Waals surface area contributed by atoms with Crippen molar-refractivity contribution in [3.63, 3.8) is 0 Å². The number of nitrogens with one attached hydrogen (secondary N) is 1. The lowest BCUT2D eigenvalue weighted by atomic mass is 9.91. The summed E-state index contributed by atoms with van der Waals surface area (Å²) >= 11 is 5.79. The highest BCUT2D eigenvalue weighted by Gasteiger charge is 2.19. The molecule has 112 valence electrons. The average molecular weight is 356 g/mol. The van der Waals surface area contributed by atoms with Crippen LogP contribution in [-0.4, -0.2) is 11.3 Å². The third-order valence-electron chi connectivity index (χ3n) is 3.92. The second-order valence-corrected chi connectivity index (χ2v) is 8.53. The van der Waals surface area contributed by atoms with E-state index in [4.69, 9.17) is 0 Å². The Morgan fingerprint density at radius 3 is 2.80 bits per heavy atom. The summed E-state index contributed by atoms with van der Waals surface area (Å²) in [6.45, 7) is 7.69. The van der Waals surface area contributed by atoms with Crippen LogP contribution in [0.3, 0.4) is 0 Å². The Hall–Kier alpha value is 0.01000. The van der Waals surface area contributed by atoms with Crippen LogP contribution in [0.15, 0.2) is 27.6 Å². The van der Waals surface area contributed by atoms with Crippen LogP contribution in [0.4, 0.5) is 0 Å². The fourth-order valence-electron chi connectivity index (χ4n) is 2.74. The standard InChI is InChI=1S/C17H26BrNS/c1-12(2)19-11-14-7-8-16(10-17(14)18)20-15-6-4-5-13(3)9-15/h7-8,10,12-13,15,19H,4-6,9,11H2,1-3H3. The summed E-state index contributed by atoms with van der Waals surface area (Å²) in [5.74, 6) is 0.902. The molecule has 0 radical (unpaired) electrons. The van der Waals surface area contributed by atoms with Gasteiger partial charge in [-0.05, 0) is 36.5 Å². The lowest BCUT2D eigenvalue weighted by Gasteiger charge is -2.26. The van der Waals surface area contributed by atoms with Gasteiger partial charge in [0.2, 0.25) is 0 Å². The van der Waals surface area contributed by atoms with E-state index in [1.807, 2.05) is 0 Å². The molecule has 2 atom stereocenters. The molecule has 0 aromatic heterocycles. The molecule has 0 saturated heterocycles. The zero-order valence-corrected chi connectivity index (χ0v) is 15.2. The minimum Gasteiger partial charge on any atom is -0.310 e. The third kappa shape index (κ3) is 5.09. The molecule has 1 saturated carbocycles. The van der Waals surface area contributed by atoms with Crippen molar-refractivity contribution in [1.82, 2.24) is 5.32 Å². The number of thioether (sulfide) groups is 1. The van der Waals surface area contributed by atoms with Gasteiger partial charge >= 0.3 is 0 Å². The van der Waals surface area contributed by atoms with Gasteiger partial charge in [-0.25, -0.2) is 0 Å². The molecular weight excluding hydrogens is 330 g/mol. The van der Waals surface area contributed by atoms with Crippen LogP contribution in [0.1, 0.15) is 52.0 Å². The van der Waals surface area contributed by atoms with Gasteiger partial charge in [0.25, 0.3) is 0 Å². The van der Waals surface area contributed by atoms with E-state index in [0.29, 0.717) is 6.04 Å². The normalized spacial score (nSPS) is 23.2. The molecule has 0 bridgehead atoms. The Balaban J connectivity index is 1.94. The maximum atomic E-state index is 3.72. The monoisotopic (exact) mass is 355 g/mol. The molecule has 2 rings (SSSR count). The summed E-state index contributed by atoms with van der Waals surface area (Å²) in [5, 5.41) is 4.28. The third-order valence-corrected chi connectivity index (χ3v) is 5.94. The van der Waals surface area contributed by atoms with Crippen LogP contribution in [0, 0.1) is 5.92 Å². The van der Waals surface area contributed by atoms with Crippen molar-refractivity contribution in [2.75, 3.05) is 0 Å². The Bertz CT molecular complexity index is 433. The van der Waals surface area contributed by atoms with E-state index in [9.17, 15) is 0 Å². The number of hydrogen-bond donors (Lipinski definition) is 1. The van der Waals surface area contributed by atoms with Gasteiger partial charge in [0.15, 0.2) is 0 Å². The van der Waals surface area contributed by atoms with Gasteiger partial charge in [0.1, 0.15) is 0 Å². The zero-order valence-electron chi connectivity index (χ0n) is 12.8. The van der Waals surface area contributed by atoms with Gasteiger partial charge in [-0.1, -0.05) is 55.6 Å². The van der Waals surface area contributed by atoms with E-state index in [-0.39, 0.29) is 0 Å². The Kier molecular flexibility index (Phi) is 6.44. The minimum absolute atomic E-state index is 0.527. The van der Waals surface area contributed by atoms with Crippen molar-refractivity contribution >= 4 is 27.7 Å². The van der Waals surface area contributed by atoms with E-state index in [1.165, 1.54) is 40.6 Å². The van der Waals surface area contributed by atoms with Crippen LogP contribution in [0.2, 0.25) is 0 Å². The summed E-state index contributed by atoms with van der Waals surface area (Å²) in [6, 6.07) is 7.36. The Labute approximate surface area is 136 Å². The molecule has 1 aliphatic rings. The van der Waals surface area contributed by atoms with Crippen molar-refractivity contribution in [2.24, 2.45) is 5.92 Å². The lowest BCUT2D eigenvalue weighted by molar-refractivity contribution is 0.394. The molecule has 3 heteroatoms. The second-order valence-electron chi connectivity index (χ2n) is 6.30. The molecule has 1 aromatic carbocycles. The van der Waals surface area contributed by atoms with Gasteiger partial charge in [-0.2, -0.15) is 0 Å². The maximum Gasteiger partial charge on any atom is 0.0231 e. The molecule has 0 amide bonds. The smallest absolute Gasteiger partial charge is 0.0231 e. The fraction of sp³-hybridized carbons (Fsp3) is 0.647. The average Bonchev–Trinajstić information content (AvgIpc) is 2.37. The maximum absolute atomic E-state index is 3.72. The molecule has 0 spiro atoms. The van der Waals surface area contributed by atoms with Crippen LogP contribution in [0.25, 0.3) is 0 Å². The van der Waals surface area contributed by atoms with Crippen LogP contribution in [0.5, 0.6) is 0 Å². The zero-order chi connectivity index (χ0) is 14.5. The van der Waals surface area contributed by atoms with Crippen molar-refractivity contribution in [3.05, 3.63) is 28.2 Å². The predicted molar refractivity (Wildman–Crippen MR) is 93.4 cm³/mol. The molecule has 0 heterocycles. The summed E-state index contributed by atoms with van der Waals surface area (Å²) < 4.78 is 1.24. The summed E-state index contributed by atoms with van der Waals surface area (Å²) in [7, 11) is 0. The van der Waals surface area contributed by atoms with Crippen molar-refractivity contribution in [1.29, 1.82) is 0 Å². The molecule has 0 aliphatic heterocycles. The molecule has 1 N–H and O–H groups in total. The summed E-state index contributed by atoms with van der Waals surface area (Å²) in [5.41, 5.74) is 1.35. The topological polar surface area (TPSA) is 12.0 Å². The quantitative estimate of drug-likeness (QED) is 0.735. The van der Waals surface area contributed by atoms with Gasteiger partial charge in [0, 0.05) is 27.2 Å². The van der Waals surface area contributed by atoms with Crippen molar-refractivity contribution in [2.45, 2.75) is 69.2 Å². The van der Waals surface area contributed by atoms with Crippen LogP contribution >= 0.6 is 27.7 Å². The first-order valence-corrected chi connectivity index (χ1v) is 9.40. The number of halogens is 1. The van der Waals surface area contributed by atoms with Crippen molar-refractivity contribution in [3.8, 4) is 0 Å². The van der Waals surface area contributed by atoms with Crippen LogP contribution < -0.4 is 5.32 Å². The second kappa shape index (κ2) is 7.86. The first-order chi connectivity index (χ1) is 9.54. The molecular formula is C17H26BrNS. The van der Waals surface area contributed by atoms with Crippen LogP contribution in [-0.2, 0) is 6.54 Å². The predicted octanol–water partition coefficient (Wildman–Crippen LogP) is 5.62. The van der Waals surface area contributed by atoms with Crippen molar-refractivity contribution < 1.29 is 0 Å². The SMILES string of the molecule is CC1CCCC(Sc2ccc(CNC(C)C)c(Br)c2)C1. The highest BCUT2D eigenvalue weighted by atomic mass is 79.9. The summed E-state index contributed by atoms with van der Waals surface area (Å²) in [4.78, 5) is 1.41. The van der Waals surface area contributed by atoms with E-state index in [0.717, 1.165) is 17.7 Å². The molecule has 1 aliphatic carbocycles. The number of rotatable bonds is 5. The lowest BCUT2D eigenvalue weighted by Crippen LogP contribution is -2.22. The minimum atomic E-state index is 0.527. The highest BCUT2D eigenvalue weighted by Crippen LogP contribution is 2.37. The number of benzene rings is 1. The largest absolute Gasteiger partial charge is 0.310 e. The Morgan fingerprint density at radius 1 is 1.35 bits per heavy atom. The number of hydrogen-bond acceptors (Lipinski definition) is 2. The van der Waals surface area contributed by atoms with Gasteiger partial charge < -0.3 is 5.32 Å². The van der Waals surface area contributed by atoms with Gasteiger partial charge in [0.05, 0.1) is 0 Å². The molecule has 1 fully saturated rings. The molecule has 1 aromatic rings. The molecule has 20 heavy (non-hydrogen) atoms. The fourth-order valence-corrected chi connectivity index (χ4v) is 4.83. The van der Waals surface area contributed by atoms with E-state index < -0.39 is 0 Å². The molecule has 2 unspecified atom stereocenters. The summed E-state index contributed by atoms with van der Waals surface area (Å²) in [6.07, 6.45) is 5.57. The van der Waals surface area contributed by atoms with E-state index >= 15 is 0 Å². The van der Waals surface area contributed by atoms with Gasteiger partial charge in [-0.3, -0.25) is 0 Å². The molecule has 1 nitrogen and oxygen atoms in total. The first kappa shape index (κ1) is 16.4.